The molecule has 1 aromatic heterocycles. The van der Waals surface area contributed by atoms with Gasteiger partial charge in [0.05, 0.1) is 16.6 Å². The van der Waals surface area contributed by atoms with Crippen molar-refractivity contribution >= 4 is 52.4 Å². The fourth-order valence-corrected chi connectivity index (χ4v) is 6.84. The Bertz CT molecular complexity index is 1710. The van der Waals surface area contributed by atoms with Gasteiger partial charge in [-0.25, -0.2) is 9.78 Å². The molecule has 1 aliphatic heterocycles. The molecule has 0 bridgehead atoms. The summed E-state index contributed by atoms with van der Waals surface area (Å²) in [6.45, 7) is 9.40. The minimum atomic E-state index is -0.667. The summed E-state index contributed by atoms with van der Waals surface area (Å²) in [5.41, 5.74) is 4.49. The highest BCUT2D eigenvalue weighted by molar-refractivity contribution is 6.37. The molecule has 1 fully saturated rings. The van der Waals surface area contributed by atoms with Crippen LogP contribution in [0, 0.1) is 6.92 Å². The van der Waals surface area contributed by atoms with Crippen LogP contribution in [0.1, 0.15) is 68.7 Å². The van der Waals surface area contributed by atoms with Gasteiger partial charge < -0.3 is 28.7 Å². The van der Waals surface area contributed by atoms with Crippen LogP contribution in [-0.4, -0.2) is 78.4 Å². The van der Waals surface area contributed by atoms with Crippen molar-refractivity contribution in [3.05, 3.63) is 91.6 Å². The standard InChI is InChI=1S/C39H46Cl3N3O6/c1-25-19-33(41)36(34(42)20-25)50-18-17-49-35-13-9-27(22-43-35)30-14-15-44(38(47)51-39(2,3)4)24-31(30)37(46)45(29-10-11-29)23-28-21-26(7-6-16-48-5)8-12-32(28)40/h8-9,12-13,19-22,29H,6-7,10-11,14-18,23-24H2,1-5H3. The van der Waals surface area contributed by atoms with Crippen molar-refractivity contribution in [3.63, 3.8) is 0 Å². The number of ether oxygens (including phenoxy) is 4. The Morgan fingerprint density at radius 2 is 1.69 bits per heavy atom. The molecular weight excluding hydrogens is 713 g/mol. The van der Waals surface area contributed by atoms with Gasteiger partial charge in [0, 0.05) is 55.7 Å². The summed E-state index contributed by atoms with van der Waals surface area (Å²) < 4.78 is 22.5. The van der Waals surface area contributed by atoms with Gasteiger partial charge >= 0.3 is 6.09 Å². The number of benzene rings is 2. The quantitative estimate of drug-likeness (QED) is 0.152. The maximum Gasteiger partial charge on any atom is 0.410 e. The number of carbonyl (C=O) groups excluding carboxylic acids is 2. The number of hydrogen-bond acceptors (Lipinski definition) is 7. The first-order valence-corrected chi connectivity index (χ1v) is 18.4. The van der Waals surface area contributed by atoms with Crippen molar-refractivity contribution in [2.45, 2.75) is 78.0 Å². The first-order valence-electron chi connectivity index (χ1n) is 17.3. The summed E-state index contributed by atoms with van der Waals surface area (Å²) in [5.74, 6) is 0.699. The largest absolute Gasteiger partial charge is 0.487 e. The molecule has 0 spiro atoms. The zero-order chi connectivity index (χ0) is 36.7. The van der Waals surface area contributed by atoms with Gasteiger partial charge in [-0.3, -0.25) is 4.79 Å². The molecule has 0 unspecified atom stereocenters. The van der Waals surface area contributed by atoms with Crippen LogP contribution < -0.4 is 9.47 Å². The Balaban J connectivity index is 1.35. The Hall–Kier alpha value is -3.50. The molecule has 2 aliphatic rings. The molecule has 0 N–H and O–H groups in total. The van der Waals surface area contributed by atoms with Crippen molar-refractivity contribution in [2.24, 2.45) is 0 Å². The first-order chi connectivity index (χ1) is 24.3. The monoisotopic (exact) mass is 757 g/mol. The molecule has 1 saturated carbocycles. The van der Waals surface area contributed by atoms with E-state index in [9.17, 15) is 9.59 Å². The number of hydrogen-bond donors (Lipinski definition) is 0. The minimum absolute atomic E-state index is 0.0946. The average molecular weight is 759 g/mol. The van der Waals surface area contributed by atoms with Gasteiger partial charge in [-0.2, -0.15) is 0 Å². The van der Waals surface area contributed by atoms with Gasteiger partial charge in [0.15, 0.2) is 5.75 Å². The molecule has 5 rings (SSSR count). The van der Waals surface area contributed by atoms with Gasteiger partial charge in [-0.05, 0) is 112 Å². The summed E-state index contributed by atoms with van der Waals surface area (Å²) in [6.07, 6.45) is 5.28. The van der Waals surface area contributed by atoms with Crippen molar-refractivity contribution in [3.8, 4) is 11.6 Å². The normalized spacial score (nSPS) is 14.8. The fourth-order valence-electron chi connectivity index (χ4n) is 5.95. The Labute approximate surface area is 315 Å². The molecule has 2 amide bonds. The molecule has 1 aliphatic carbocycles. The lowest BCUT2D eigenvalue weighted by Crippen LogP contribution is -2.44. The lowest BCUT2D eigenvalue weighted by atomic mass is 9.93. The van der Waals surface area contributed by atoms with Crippen molar-refractivity contribution in [1.29, 1.82) is 0 Å². The maximum absolute atomic E-state index is 14.6. The van der Waals surface area contributed by atoms with E-state index in [4.69, 9.17) is 53.8 Å². The number of aryl methyl sites for hydroxylation is 2. The number of rotatable bonds is 14. The van der Waals surface area contributed by atoms with E-state index in [1.807, 2.05) is 50.8 Å². The Morgan fingerprint density at radius 1 is 0.961 bits per heavy atom. The molecule has 9 nitrogen and oxygen atoms in total. The molecule has 3 aromatic rings. The number of methoxy groups -OCH3 is 1. The molecular formula is C39H46Cl3N3O6. The number of amides is 2. The van der Waals surface area contributed by atoms with Crippen LogP contribution in [0.15, 0.2) is 54.2 Å². The molecule has 274 valence electrons. The van der Waals surface area contributed by atoms with Gasteiger partial charge in [0.25, 0.3) is 5.91 Å². The second-order valence-corrected chi connectivity index (χ2v) is 15.2. The van der Waals surface area contributed by atoms with Crippen molar-refractivity contribution in [1.82, 2.24) is 14.8 Å². The van der Waals surface area contributed by atoms with E-state index in [2.05, 4.69) is 11.1 Å². The van der Waals surface area contributed by atoms with E-state index in [0.29, 0.717) is 58.4 Å². The topological polar surface area (TPSA) is 90.4 Å². The van der Waals surface area contributed by atoms with E-state index in [-0.39, 0.29) is 31.7 Å². The van der Waals surface area contributed by atoms with Crippen LogP contribution in [0.4, 0.5) is 4.79 Å². The molecule has 0 atom stereocenters. The summed E-state index contributed by atoms with van der Waals surface area (Å²) in [5, 5.41) is 1.50. The zero-order valence-electron chi connectivity index (χ0n) is 29.9. The lowest BCUT2D eigenvalue weighted by molar-refractivity contribution is -0.128. The van der Waals surface area contributed by atoms with Crippen molar-refractivity contribution in [2.75, 3.05) is 40.0 Å². The third-order valence-corrected chi connectivity index (χ3v) is 9.51. The summed E-state index contributed by atoms with van der Waals surface area (Å²) >= 11 is 19.3. The van der Waals surface area contributed by atoms with Crippen LogP contribution in [0.3, 0.4) is 0 Å². The van der Waals surface area contributed by atoms with Crippen molar-refractivity contribution < 1.29 is 28.5 Å². The number of pyridine rings is 1. The van der Waals surface area contributed by atoms with Gasteiger partial charge in [0.2, 0.25) is 5.88 Å². The van der Waals surface area contributed by atoms with Gasteiger partial charge in [0.1, 0.15) is 18.8 Å². The minimum Gasteiger partial charge on any atom is -0.487 e. The highest BCUT2D eigenvalue weighted by atomic mass is 35.5. The number of halogens is 3. The molecule has 0 radical (unpaired) electrons. The second kappa shape index (κ2) is 17.3. The molecule has 2 heterocycles. The van der Waals surface area contributed by atoms with Crippen LogP contribution in [0.2, 0.25) is 15.1 Å². The third-order valence-electron chi connectivity index (χ3n) is 8.58. The summed E-state index contributed by atoms with van der Waals surface area (Å²) in [6, 6.07) is 13.3. The highest BCUT2D eigenvalue weighted by Crippen LogP contribution is 2.36. The predicted octanol–water partition coefficient (Wildman–Crippen LogP) is 8.97. The smallest absolute Gasteiger partial charge is 0.410 e. The summed E-state index contributed by atoms with van der Waals surface area (Å²) in [4.78, 5) is 35.9. The van der Waals surface area contributed by atoms with Crippen LogP contribution in [0.25, 0.3) is 5.57 Å². The Kier molecular flexibility index (Phi) is 13.2. The average Bonchev–Trinajstić information content (AvgIpc) is 3.92. The van der Waals surface area contributed by atoms with E-state index in [1.165, 1.54) is 0 Å². The maximum atomic E-state index is 14.6. The van der Waals surface area contributed by atoms with E-state index < -0.39 is 11.7 Å². The number of aromatic nitrogens is 1. The van der Waals surface area contributed by atoms with Crippen LogP contribution in [0.5, 0.6) is 11.6 Å². The predicted molar refractivity (Wildman–Crippen MR) is 201 cm³/mol. The molecule has 12 heteroatoms. The molecule has 0 saturated heterocycles. The van der Waals surface area contributed by atoms with E-state index in [0.717, 1.165) is 53.5 Å². The van der Waals surface area contributed by atoms with E-state index in [1.54, 1.807) is 36.4 Å². The third kappa shape index (κ3) is 10.8. The molecule has 2 aromatic carbocycles. The van der Waals surface area contributed by atoms with Crippen LogP contribution in [-0.2, 0) is 27.2 Å². The van der Waals surface area contributed by atoms with Gasteiger partial charge in [-0.1, -0.05) is 46.9 Å². The Morgan fingerprint density at radius 3 is 2.33 bits per heavy atom. The summed E-state index contributed by atoms with van der Waals surface area (Å²) in [7, 11) is 1.70. The van der Waals surface area contributed by atoms with Crippen LogP contribution >= 0.6 is 34.8 Å². The fraction of sp³-hybridized carbons (Fsp3) is 0.462. The second-order valence-electron chi connectivity index (χ2n) is 13.9. The van der Waals surface area contributed by atoms with Gasteiger partial charge in [-0.15, -0.1) is 0 Å². The number of carbonyl (C=O) groups is 2. The zero-order valence-corrected chi connectivity index (χ0v) is 32.2. The first kappa shape index (κ1) is 38.7. The molecule has 51 heavy (non-hydrogen) atoms. The van der Waals surface area contributed by atoms with E-state index >= 15 is 0 Å². The highest BCUT2D eigenvalue weighted by Gasteiger charge is 2.38. The lowest BCUT2D eigenvalue weighted by Gasteiger charge is -2.34. The SMILES string of the molecule is COCCCc1ccc(Cl)c(CN(C(=O)C2=C(c3ccc(OCCOc4c(Cl)cc(C)cc4Cl)nc3)CCN(C(=O)OC(C)(C)C)C2)C2CC2)c1. The number of nitrogens with zero attached hydrogens (tertiary/aromatic N) is 3.